The molecule has 1 fully saturated rings. The third-order valence-corrected chi connectivity index (χ3v) is 6.77. The third-order valence-electron chi connectivity index (χ3n) is 5.06. The fourth-order valence-electron chi connectivity index (χ4n) is 3.70. The minimum atomic E-state index is -3.58. The van der Waals surface area contributed by atoms with E-state index in [4.69, 9.17) is 4.74 Å². The van der Waals surface area contributed by atoms with Gasteiger partial charge in [-0.15, -0.1) is 0 Å². The highest BCUT2D eigenvalue weighted by molar-refractivity contribution is 7.89. The maximum atomic E-state index is 12.7. The number of carbonyl (C=O) groups excluding carboxylic acids is 1. The van der Waals surface area contributed by atoms with Crippen LogP contribution in [0.5, 0.6) is 0 Å². The van der Waals surface area contributed by atoms with Crippen LogP contribution in [0.1, 0.15) is 12.8 Å². The standard InChI is InChI=1S/C17H21N3O4S/c21-17(13-4-3-7-24-12-13)19-8-14-10-20(11-15(14)9-19)25(22,23)16-5-1-2-6-18-16/h1-2,5-6,13H,3-4,7-12H2/t13-/m1/s1. The van der Waals surface area contributed by atoms with Gasteiger partial charge < -0.3 is 9.64 Å². The predicted molar refractivity (Wildman–Crippen MR) is 90.1 cm³/mol. The summed E-state index contributed by atoms with van der Waals surface area (Å²) in [6.07, 6.45) is 3.28. The molecule has 8 heteroatoms. The Labute approximate surface area is 147 Å². The van der Waals surface area contributed by atoms with Crippen molar-refractivity contribution in [3.63, 3.8) is 0 Å². The first-order valence-corrected chi connectivity index (χ1v) is 9.97. The first-order valence-electron chi connectivity index (χ1n) is 8.53. The van der Waals surface area contributed by atoms with Gasteiger partial charge in [0.1, 0.15) is 0 Å². The summed E-state index contributed by atoms with van der Waals surface area (Å²) in [6.45, 7) is 2.98. The Balaban J connectivity index is 1.40. The summed E-state index contributed by atoms with van der Waals surface area (Å²) in [5.41, 5.74) is 2.09. The molecule has 1 saturated heterocycles. The maximum Gasteiger partial charge on any atom is 0.261 e. The lowest BCUT2D eigenvalue weighted by Crippen LogP contribution is -2.41. The number of carbonyl (C=O) groups is 1. The lowest BCUT2D eigenvalue weighted by atomic mass is 10.0. The molecule has 134 valence electrons. The van der Waals surface area contributed by atoms with Gasteiger partial charge in [-0.05, 0) is 36.1 Å². The second-order valence-corrected chi connectivity index (χ2v) is 8.64. The third kappa shape index (κ3) is 3.09. The van der Waals surface area contributed by atoms with Crippen molar-refractivity contribution in [1.29, 1.82) is 0 Å². The van der Waals surface area contributed by atoms with Gasteiger partial charge in [0.2, 0.25) is 5.91 Å². The summed E-state index contributed by atoms with van der Waals surface area (Å²) in [7, 11) is -3.58. The van der Waals surface area contributed by atoms with Crippen molar-refractivity contribution in [3.05, 3.63) is 35.5 Å². The quantitative estimate of drug-likeness (QED) is 0.737. The van der Waals surface area contributed by atoms with Gasteiger partial charge >= 0.3 is 0 Å². The lowest BCUT2D eigenvalue weighted by Gasteiger charge is -2.28. The first kappa shape index (κ1) is 16.7. The summed E-state index contributed by atoms with van der Waals surface area (Å²) in [5, 5.41) is 0.0726. The van der Waals surface area contributed by atoms with Crippen LogP contribution in [0.3, 0.4) is 0 Å². The van der Waals surface area contributed by atoms with Crippen molar-refractivity contribution in [2.75, 3.05) is 39.4 Å². The van der Waals surface area contributed by atoms with Gasteiger partial charge in [-0.3, -0.25) is 4.79 Å². The van der Waals surface area contributed by atoms with Crippen LogP contribution in [-0.2, 0) is 19.6 Å². The molecule has 1 aromatic heterocycles. The Morgan fingerprint density at radius 2 is 1.92 bits per heavy atom. The Morgan fingerprint density at radius 1 is 1.16 bits per heavy atom. The van der Waals surface area contributed by atoms with Gasteiger partial charge in [0.25, 0.3) is 10.0 Å². The first-order chi connectivity index (χ1) is 12.1. The number of aromatic nitrogens is 1. The highest BCUT2D eigenvalue weighted by atomic mass is 32.2. The summed E-state index contributed by atoms with van der Waals surface area (Å²) < 4.78 is 32.2. The molecule has 0 bridgehead atoms. The molecule has 0 N–H and O–H groups in total. The van der Waals surface area contributed by atoms with E-state index in [0.29, 0.717) is 32.8 Å². The molecule has 1 amide bonds. The van der Waals surface area contributed by atoms with E-state index in [9.17, 15) is 13.2 Å². The Morgan fingerprint density at radius 3 is 2.52 bits per heavy atom. The number of ether oxygens (including phenoxy) is 1. The Bertz CT molecular complexity index is 782. The van der Waals surface area contributed by atoms with Crippen molar-refractivity contribution in [1.82, 2.24) is 14.2 Å². The number of sulfonamides is 1. The van der Waals surface area contributed by atoms with Crippen LogP contribution in [0.25, 0.3) is 0 Å². The highest BCUT2D eigenvalue weighted by Gasteiger charge is 2.39. The maximum absolute atomic E-state index is 12.7. The molecule has 0 unspecified atom stereocenters. The van der Waals surface area contributed by atoms with Crippen LogP contribution >= 0.6 is 0 Å². The minimum Gasteiger partial charge on any atom is -0.381 e. The van der Waals surface area contributed by atoms with E-state index >= 15 is 0 Å². The van der Waals surface area contributed by atoms with E-state index < -0.39 is 10.0 Å². The SMILES string of the molecule is O=C([C@@H]1CCCOC1)N1CC2=C(C1)CN(S(=O)(=O)c1ccccn1)C2. The zero-order valence-electron chi connectivity index (χ0n) is 13.9. The monoisotopic (exact) mass is 363 g/mol. The van der Waals surface area contributed by atoms with Crippen LogP contribution in [0.4, 0.5) is 0 Å². The lowest BCUT2D eigenvalue weighted by molar-refractivity contribution is -0.138. The molecular formula is C17H21N3O4S. The molecule has 0 aliphatic carbocycles. The van der Waals surface area contributed by atoms with Crippen molar-refractivity contribution in [2.45, 2.75) is 17.9 Å². The average Bonchev–Trinajstić information content (AvgIpc) is 3.22. The molecule has 0 aromatic carbocycles. The van der Waals surface area contributed by atoms with E-state index in [-0.39, 0.29) is 16.9 Å². The van der Waals surface area contributed by atoms with Gasteiger partial charge in [-0.2, -0.15) is 4.31 Å². The smallest absolute Gasteiger partial charge is 0.261 e. The average molecular weight is 363 g/mol. The molecule has 1 atom stereocenters. The number of amides is 1. The predicted octanol–water partition coefficient (Wildman–Crippen LogP) is 0.651. The second-order valence-electron chi connectivity index (χ2n) is 6.76. The fraction of sp³-hybridized carbons (Fsp3) is 0.529. The van der Waals surface area contributed by atoms with Crippen LogP contribution in [0.15, 0.2) is 40.6 Å². The van der Waals surface area contributed by atoms with Gasteiger partial charge in [-0.1, -0.05) is 6.07 Å². The Kier molecular flexibility index (Phi) is 4.35. The second kappa shape index (κ2) is 6.51. The Hall–Kier alpha value is -1.77. The number of nitrogens with zero attached hydrogens (tertiary/aromatic N) is 3. The zero-order valence-corrected chi connectivity index (χ0v) is 14.7. The summed E-state index contributed by atoms with van der Waals surface area (Å²) in [6, 6.07) is 4.88. The van der Waals surface area contributed by atoms with Crippen molar-refractivity contribution < 1.29 is 17.9 Å². The van der Waals surface area contributed by atoms with E-state index in [1.807, 2.05) is 4.90 Å². The van der Waals surface area contributed by atoms with Crippen molar-refractivity contribution >= 4 is 15.9 Å². The largest absolute Gasteiger partial charge is 0.381 e. The number of pyridine rings is 1. The van der Waals surface area contributed by atoms with E-state index in [1.54, 1.807) is 12.1 Å². The topological polar surface area (TPSA) is 79.8 Å². The van der Waals surface area contributed by atoms with Crippen molar-refractivity contribution in [2.24, 2.45) is 5.92 Å². The van der Waals surface area contributed by atoms with Gasteiger partial charge in [0, 0.05) is 39.0 Å². The summed E-state index contributed by atoms with van der Waals surface area (Å²) >= 11 is 0. The molecule has 3 aliphatic rings. The van der Waals surface area contributed by atoms with Crippen LogP contribution in [-0.4, -0.2) is 67.9 Å². The molecule has 0 radical (unpaired) electrons. The molecular weight excluding hydrogens is 342 g/mol. The van der Waals surface area contributed by atoms with Gasteiger partial charge in [0.05, 0.1) is 12.5 Å². The molecule has 1 aromatic rings. The number of hydrogen-bond donors (Lipinski definition) is 0. The van der Waals surface area contributed by atoms with E-state index in [2.05, 4.69) is 4.98 Å². The van der Waals surface area contributed by atoms with Crippen LogP contribution < -0.4 is 0 Å². The molecule has 7 nitrogen and oxygen atoms in total. The van der Waals surface area contributed by atoms with Crippen molar-refractivity contribution in [3.8, 4) is 0 Å². The fourth-order valence-corrected chi connectivity index (χ4v) is 5.06. The highest BCUT2D eigenvalue weighted by Crippen LogP contribution is 2.30. The molecule has 4 rings (SSSR count). The molecule has 0 spiro atoms. The van der Waals surface area contributed by atoms with E-state index in [1.165, 1.54) is 16.6 Å². The molecule has 0 saturated carbocycles. The van der Waals surface area contributed by atoms with Crippen LogP contribution in [0, 0.1) is 5.92 Å². The molecule has 25 heavy (non-hydrogen) atoms. The normalized spacial score (nSPS) is 24.6. The number of hydrogen-bond acceptors (Lipinski definition) is 5. The molecule has 3 aliphatic heterocycles. The summed E-state index contributed by atoms with van der Waals surface area (Å²) in [4.78, 5) is 18.4. The van der Waals surface area contributed by atoms with Crippen LogP contribution in [0.2, 0.25) is 0 Å². The molecule has 4 heterocycles. The number of rotatable bonds is 3. The van der Waals surface area contributed by atoms with Gasteiger partial charge in [0.15, 0.2) is 5.03 Å². The minimum absolute atomic E-state index is 0.0536. The summed E-state index contributed by atoms with van der Waals surface area (Å²) in [5.74, 6) is 0.0790. The zero-order chi connectivity index (χ0) is 17.4. The van der Waals surface area contributed by atoms with E-state index in [0.717, 1.165) is 30.6 Å². The van der Waals surface area contributed by atoms with Gasteiger partial charge in [-0.25, -0.2) is 13.4 Å².